The molecule has 1 heterocycles. The van der Waals surface area contributed by atoms with Crippen LogP contribution in [0, 0.1) is 40.8 Å². The highest BCUT2D eigenvalue weighted by molar-refractivity contribution is 5.80. The maximum atomic E-state index is 14.0. The maximum absolute atomic E-state index is 14.0. The Morgan fingerprint density at radius 2 is 2.00 bits per heavy atom. The van der Waals surface area contributed by atoms with E-state index in [1.165, 1.54) is 17.0 Å². The number of nitrogens with one attached hydrogen (secondary N) is 1. The summed E-state index contributed by atoms with van der Waals surface area (Å²) in [5.74, 6) is 2.02. The van der Waals surface area contributed by atoms with E-state index in [9.17, 15) is 14.4 Å². The molecule has 2 atom stereocenters. The van der Waals surface area contributed by atoms with E-state index in [2.05, 4.69) is 17.3 Å². The third kappa shape index (κ3) is 4.50. The van der Waals surface area contributed by atoms with Crippen molar-refractivity contribution >= 4 is 5.91 Å². The van der Waals surface area contributed by atoms with E-state index in [1.54, 1.807) is 12.1 Å². The number of halogens is 1. The fourth-order valence-electron chi connectivity index (χ4n) is 4.09. The molecule has 150 valence electrons. The van der Waals surface area contributed by atoms with Gasteiger partial charge in [-0.15, -0.1) is 6.42 Å². The van der Waals surface area contributed by atoms with Crippen LogP contribution in [0.15, 0.2) is 18.2 Å². The number of carbonyl (C=O) groups excluding carboxylic acids is 1. The zero-order chi connectivity index (χ0) is 20.9. The second-order valence-electron chi connectivity index (χ2n) is 7.47. The quantitative estimate of drug-likeness (QED) is 0.613. The van der Waals surface area contributed by atoms with Gasteiger partial charge in [-0.2, -0.15) is 10.5 Å². The van der Waals surface area contributed by atoms with Crippen molar-refractivity contribution in [3.8, 4) is 30.2 Å². The molecule has 2 fully saturated rings. The predicted octanol–water partition coefficient (Wildman–Crippen LogP) is 2.84. The Hall–Kier alpha value is -3.08. The van der Waals surface area contributed by atoms with Gasteiger partial charge < -0.3 is 9.64 Å². The summed E-state index contributed by atoms with van der Waals surface area (Å²) in [5.41, 5.74) is -0.850. The molecule has 1 amide bonds. The minimum absolute atomic E-state index is 0.0187. The lowest BCUT2D eigenvalue weighted by atomic mass is 9.91. The van der Waals surface area contributed by atoms with Crippen LogP contribution in [0.1, 0.15) is 50.5 Å². The van der Waals surface area contributed by atoms with Gasteiger partial charge in [0.15, 0.2) is 5.72 Å². The average Bonchev–Trinajstić information content (AvgIpc) is 3.16. The molecule has 29 heavy (non-hydrogen) atoms. The number of benzene rings is 1. The van der Waals surface area contributed by atoms with E-state index < -0.39 is 17.6 Å². The Labute approximate surface area is 170 Å². The zero-order valence-corrected chi connectivity index (χ0v) is 16.2. The molecule has 2 unspecified atom stereocenters. The van der Waals surface area contributed by atoms with Gasteiger partial charge in [-0.25, -0.2) is 4.39 Å². The van der Waals surface area contributed by atoms with Crippen molar-refractivity contribution in [2.24, 2.45) is 0 Å². The van der Waals surface area contributed by atoms with Crippen LogP contribution < -0.4 is 10.1 Å². The van der Waals surface area contributed by atoms with Gasteiger partial charge in [-0.1, -0.05) is 12.3 Å². The first-order valence-corrected chi connectivity index (χ1v) is 9.82. The third-order valence-corrected chi connectivity index (χ3v) is 5.61. The summed E-state index contributed by atoms with van der Waals surface area (Å²) in [6.45, 7) is -0.0187. The second kappa shape index (κ2) is 8.95. The molecule has 0 bridgehead atoms. The molecule has 2 aliphatic rings. The lowest BCUT2D eigenvalue weighted by Gasteiger charge is -2.39. The number of hydrogen-bond donors (Lipinski definition) is 1. The van der Waals surface area contributed by atoms with Gasteiger partial charge in [0.1, 0.15) is 23.7 Å². The number of carbonyl (C=O) groups is 1. The Bertz CT molecular complexity index is 868. The zero-order valence-electron chi connectivity index (χ0n) is 16.2. The number of amides is 1. The summed E-state index contributed by atoms with van der Waals surface area (Å²) in [7, 11) is 0. The normalized spacial score (nSPS) is 22.9. The van der Waals surface area contributed by atoms with Crippen molar-refractivity contribution in [1.29, 1.82) is 10.5 Å². The highest BCUT2D eigenvalue weighted by Gasteiger charge is 2.39. The topological polar surface area (TPSA) is 89.2 Å². The lowest BCUT2D eigenvalue weighted by molar-refractivity contribution is -0.133. The summed E-state index contributed by atoms with van der Waals surface area (Å²) in [6, 6.07) is 7.18. The number of hydrogen-bond acceptors (Lipinski definition) is 5. The van der Waals surface area contributed by atoms with Crippen molar-refractivity contribution in [1.82, 2.24) is 10.2 Å². The second-order valence-corrected chi connectivity index (χ2v) is 7.47. The molecular formula is C22H23FN4O2. The molecule has 0 radical (unpaired) electrons. The molecule has 0 spiro atoms. The Balaban J connectivity index is 1.73. The van der Waals surface area contributed by atoms with E-state index in [0.29, 0.717) is 31.4 Å². The monoisotopic (exact) mass is 394 g/mol. The highest BCUT2D eigenvalue weighted by atomic mass is 19.1. The first-order valence-electron chi connectivity index (χ1n) is 9.82. The Morgan fingerprint density at radius 1 is 1.28 bits per heavy atom. The molecule has 3 rings (SSSR count). The van der Waals surface area contributed by atoms with Crippen LogP contribution in [0.2, 0.25) is 0 Å². The van der Waals surface area contributed by atoms with Crippen LogP contribution in [-0.4, -0.2) is 35.2 Å². The largest absolute Gasteiger partial charge is 0.473 e. The average molecular weight is 394 g/mol. The number of rotatable bonds is 5. The first kappa shape index (κ1) is 20.6. The summed E-state index contributed by atoms with van der Waals surface area (Å²) < 4.78 is 20.1. The van der Waals surface area contributed by atoms with Gasteiger partial charge in [0.2, 0.25) is 5.91 Å². The molecule has 1 saturated heterocycles. The van der Waals surface area contributed by atoms with Crippen molar-refractivity contribution in [2.75, 3.05) is 6.54 Å². The SMILES string of the molecule is C#CC1CCC(C#N)N1C(=O)CNC1(Oc2ccc(C#N)c(F)c2)CCCCC1. The summed E-state index contributed by atoms with van der Waals surface area (Å²) in [6.07, 6.45) is 10.9. The van der Waals surface area contributed by atoms with Crippen LogP contribution in [-0.2, 0) is 4.79 Å². The van der Waals surface area contributed by atoms with Crippen molar-refractivity contribution in [2.45, 2.75) is 62.8 Å². The number of likely N-dealkylation sites (tertiary alicyclic amines) is 1. The standard InChI is InChI=1S/C22H23FN4O2/c1-2-17-7-8-18(14-25)27(17)21(28)15-26-22(10-4-3-5-11-22)29-19-9-6-16(13-24)20(23)12-19/h1,6,9,12,17-18,26H,3-5,7-8,10-11,15H2. The van der Waals surface area contributed by atoms with Crippen molar-refractivity contribution < 1.29 is 13.9 Å². The van der Waals surface area contributed by atoms with Crippen LogP contribution in [0.4, 0.5) is 4.39 Å². The van der Waals surface area contributed by atoms with E-state index in [4.69, 9.17) is 16.4 Å². The summed E-state index contributed by atoms with van der Waals surface area (Å²) >= 11 is 0. The molecular weight excluding hydrogens is 371 g/mol. The van der Waals surface area contributed by atoms with Crippen molar-refractivity contribution in [3.05, 3.63) is 29.6 Å². The Morgan fingerprint density at radius 3 is 2.62 bits per heavy atom. The minimum Gasteiger partial charge on any atom is -0.473 e. The lowest BCUT2D eigenvalue weighted by Crippen LogP contribution is -2.55. The molecule has 1 aromatic carbocycles. The number of ether oxygens (including phenoxy) is 1. The molecule has 6 nitrogen and oxygen atoms in total. The van der Waals surface area contributed by atoms with Gasteiger partial charge in [0.05, 0.1) is 24.2 Å². The minimum atomic E-state index is -0.804. The van der Waals surface area contributed by atoms with E-state index >= 15 is 0 Å². The van der Waals surface area contributed by atoms with E-state index in [-0.39, 0.29) is 24.1 Å². The Kier molecular flexibility index (Phi) is 6.37. The van der Waals surface area contributed by atoms with Gasteiger partial charge in [-0.05, 0) is 37.8 Å². The van der Waals surface area contributed by atoms with Gasteiger partial charge >= 0.3 is 0 Å². The molecule has 1 N–H and O–H groups in total. The van der Waals surface area contributed by atoms with E-state index in [1.807, 2.05) is 0 Å². The number of terminal acetylenes is 1. The maximum Gasteiger partial charge on any atom is 0.238 e. The van der Waals surface area contributed by atoms with Crippen LogP contribution in [0.3, 0.4) is 0 Å². The smallest absolute Gasteiger partial charge is 0.238 e. The summed E-state index contributed by atoms with van der Waals surface area (Å²) in [4.78, 5) is 14.3. The molecule has 1 aromatic rings. The number of nitrogens with zero attached hydrogens (tertiary/aromatic N) is 3. The summed E-state index contributed by atoms with van der Waals surface area (Å²) in [5, 5.41) is 21.4. The first-order chi connectivity index (χ1) is 14.0. The van der Waals surface area contributed by atoms with Crippen LogP contribution in [0.5, 0.6) is 5.75 Å². The third-order valence-electron chi connectivity index (χ3n) is 5.61. The van der Waals surface area contributed by atoms with Gasteiger partial charge in [0.25, 0.3) is 0 Å². The van der Waals surface area contributed by atoms with Crippen molar-refractivity contribution in [3.63, 3.8) is 0 Å². The molecule has 1 aliphatic carbocycles. The molecule has 7 heteroatoms. The fraction of sp³-hybridized carbons (Fsp3) is 0.500. The molecule has 0 aromatic heterocycles. The molecule has 1 aliphatic heterocycles. The highest BCUT2D eigenvalue weighted by Crippen LogP contribution is 2.32. The van der Waals surface area contributed by atoms with E-state index in [0.717, 1.165) is 19.3 Å². The predicted molar refractivity (Wildman–Crippen MR) is 104 cm³/mol. The van der Waals surface area contributed by atoms with Gasteiger partial charge in [-0.3, -0.25) is 10.1 Å². The fourth-order valence-corrected chi connectivity index (χ4v) is 4.09. The molecule has 1 saturated carbocycles. The number of nitriles is 2. The van der Waals surface area contributed by atoms with Crippen LogP contribution in [0.25, 0.3) is 0 Å². The van der Waals surface area contributed by atoms with Crippen LogP contribution >= 0.6 is 0 Å². The van der Waals surface area contributed by atoms with Gasteiger partial charge in [0, 0.05) is 18.9 Å².